The highest BCUT2D eigenvalue weighted by molar-refractivity contribution is 5.74. The molecule has 0 radical (unpaired) electrons. The van der Waals surface area contributed by atoms with E-state index < -0.39 is 5.82 Å². The summed E-state index contributed by atoms with van der Waals surface area (Å²) in [7, 11) is 1.41. The lowest BCUT2D eigenvalue weighted by atomic mass is 9.93. The fourth-order valence-electron chi connectivity index (χ4n) is 2.67. The van der Waals surface area contributed by atoms with Gasteiger partial charge in [-0.05, 0) is 50.3 Å². The lowest BCUT2D eigenvalue weighted by Gasteiger charge is -2.27. The highest BCUT2D eigenvalue weighted by Gasteiger charge is 2.21. The van der Waals surface area contributed by atoms with E-state index in [4.69, 9.17) is 4.74 Å². The van der Waals surface area contributed by atoms with Gasteiger partial charge in [0.2, 0.25) is 0 Å². The molecule has 0 spiro atoms. The summed E-state index contributed by atoms with van der Waals surface area (Å²) in [6, 6.07) is 4.11. The van der Waals surface area contributed by atoms with Crippen molar-refractivity contribution in [1.82, 2.24) is 10.6 Å². The number of amides is 2. The first-order chi connectivity index (χ1) is 10.5. The molecule has 1 aromatic rings. The van der Waals surface area contributed by atoms with Crippen molar-refractivity contribution in [2.75, 3.05) is 7.11 Å². The van der Waals surface area contributed by atoms with Gasteiger partial charge in [0.25, 0.3) is 0 Å². The fraction of sp³-hybridized carbons (Fsp3) is 0.562. The van der Waals surface area contributed by atoms with Gasteiger partial charge in [-0.25, -0.2) is 9.18 Å². The van der Waals surface area contributed by atoms with E-state index >= 15 is 0 Å². The Morgan fingerprint density at radius 1 is 1.36 bits per heavy atom. The molecule has 1 unspecified atom stereocenters. The second kappa shape index (κ2) is 7.45. The molecule has 1 aromatic carbocycles. The smallest absolute Gasteiger partial charge is 0.315 e. The van der Waals surface area contributed by atoms with Gasteiger partial charge < -0.3 is 20.5 Å². The normalized spacial score (nSPS) is 22.7. The van der Waals surface area contributed by atoms with Crippen molar-refractivity contribution in [2.24, 2.45) is 0 Å². The van der Waals surface area contributed by atoms with Crippen molar-refractivity contribution in [3.8, 4) is 5.75 Å². The molecule has 1 fully saturated rings. The maximum absolute atomic E-state index is 13.4. The van der Waals surface area contributed by atoms with Crippen molar-refractivity contribution >= 4 is 6.03 Å². The lowest BCUT2D eigenvalue weighted by molar-refractivity contribution is 0.117. The third-order valence-corrected chi connectivity index (χ3v) is 4.05. The van der Waals surface area contributed by atoms with Crippen LogP contribution in [0.15, 0.2) is 18.2 Å². The number of methoxy groups -OCH3 is 1. The molecule has 3 N–H and O–H groups in total. The minimum absolute atomic E-state index is 0.0957. The molecule has 1 atom stereocenters. The van der Waals surface area contributed by atoms with Crippen LogP contribution in [0.25, 0.3) is 0 Å². The number of halogens is 1. The van der Waals surface area contributed by atoms with Crippen molar-refractivity contribution in [1.29, 1.82) is 0 Å². The second-order valence-corrected chi connectivity index (χ2v) is 5.74. The Balaban J connectivity index is 1.88. The van der Waals surface area contributed by atoms with Crippen LogP contribution in [0.3, 0.4) is 0 Å². The summed E-state index contributed by atoms with van der Waals surface area (Å²) in [5.74, 6) is -0.267. The number of hydrogen-bond donors (Lipinski definition) is 3. The first-order valence-corrected chi connectivity index (χ1v) is 7.58. The predicted octanol–water partition coefficient (Wildman–Crippen LogP) is 2.50. The predicted molar refractivity (Wildman–Crippen MR) is 81.3 cm³/mol. The second-order valence-electron chi connectivity index (χ2n) is 5.74. The molecule has 122 valence electrons. The Bertz CT molecular complexity index is 516. The van der Waals surface area contributed by atoms with Crippen molar-refractivity contribution in [3.05, 3.63) is 29.6 Å². The van der Waals surface area contributed by atoms with Crippen molar-refractivity contribution in [2.45, 2.75) is 50.8 Å². The van der Waals surface area contributed by atoms with Crippen LogP contribution in [0.4, 0.5) is 9.18 Å². The standard InChI is InChI=1S/C16H23FN2O3/c1-10(11-3-8-14(17)15(9-11)22-2)18-16(21)19-12-4-6-13(20)7-5-12/h3,8-10,12-13,20H,4-7H2,1-2H3,(H2,18,19,21). The van der Waals surface area contributed by atoms with Crippen molar-refractivity contribution in [3.63, 3.8) is 0 Å². The van der Waals surface area contributed by atoms with Crippen LogP contribution in [0.2, 0.25) is 0 Å². The summed E-state index contributed by atoms with van der Waals surface area (Å²) in [4.78, 5) is 12.0. The first kappa shape index (κ1) is 16.5. The zero-order valence-corrected chi connectivity index (χ0v) is 12.9. The number of hydrogen-bond acceptors (Lipinski definition) is 3. The van der Waals surface area contributed by atoms with Crippen molar-refractivity contribution < 1.29 is 19.0 Å². The van der Waals surface area contributed by atoms with Crippen LogP contribution in [-0.4, -0.2) is 30.4 Å². The SMILES string of the molecule is COc1cc(C(C)NC(=O)NC2CCC(O)CC2)ccc1F. The quantitative estimate of drug-likeness (QED) is 0.800. The Hall–Kier alpha value is -1.82. The molecule has 2 rings (SSSR count). The van der Waals surface area contributed by atoms with Gasteiger partial charge in [-0.1, -0.05) is 6.07 Å². The van der Waals surface area contributed by atoms with Gasteiger partial charge >= 0.3 is 6.03 Å². The van der Waals surface area contributed by atoms with Gasteiger partial charge in [0, 0.05) is 6.04 Å². The maximum atomic E-state index is 13.4. The molecule has 2 amide bonds. The summed E-state index contributed by atoms with van der Waals surface area (Å²) in [6.07, 6.45) is 2.76. The molecule has 0 aromatic heterocycles. The van der Waals surface area contributed by atoms with Gasteiger partial charge in [0.1, 0.15) is 0 Å². The molecular formula is C16H23FN2O3. The van der Waals surface area contributed by atoms with E-state index in [-0.39, 0.29) is 30.0 Å². The average molecular weight is 310 g/mol. The van der Waals surface area contributed by atoms with Gasteiger partial charge in [-0.3, -0.25) is 0 Å². The number of rotatable bonds is 4. The van der Waals surface area contributed by atoms with Crippen LogP contribution in [0.5, 0.6) is 5.75 Å². The third kappa shape index (κ3) is 4.34. The van der Waals surface area contributed by atoms with Crippen LogP contribution in [0.1, 0.15) is 44.2 Å². The van der Waals surface area contributed by atoms with E-state index in [1.807, 2.05) is 6.92 Å². The molecule has 6 heteroatoms. The van der Waals surface area contributed by atoms with E-state index in [0.717, 1.165) is 31.2 Å². The summed E-state index contributed by atoms with van der Waals surface area (Å²) >= 11 is 0. The van der Waals surface area contributed by atoms with E-state index in [0.29, 0.717) is 0 Å². The van der Waals surface area contributed by atoms with Crippen LogP contribution < -0.4 is 15.4 Å². The molecule has 1 saturated carbocycles. The molecular weight excluding hydrogens is 287 g/mol. The zero-order chi connectivity index (χ0) is 16.1. The van der Waals surface area contributed by atoms with Gasteiger partial charge in [-0.15, -0.1) is 0 Å². The summed E-state index contributed by atoms with van der Waals surface area (Å²) < 4.78 is 18.3. The molecule has 0 bridgehead atoms. The highest BCUT2D eigenvalue weighted by Crippen LogP contribution is 2.22. The molecule has 1 aliphatic rings. The Kier molecular flexibility index (Phi) is 5.60. The summed E-state index contributed by atoms with van der Waals surface area (Å²) in [5, 5.41) is 15.2. The average Bonchev–Trinajstić information content (AvgIpc) is 2.50. The Morgan fingerprint density at radius 2 is 2.05 bits per heavy atom. The zero-order valence-electron chi connectivity index (χ0n) is 12.9. The van der Waals surface area contributed by atoms with Gasteiger partial charge in [0.05, 0.1) is 19.3 Å². The molecule has 5 nitrogen and oxygen atoms in total. The largest absolute Gasteiger partial charge is 0.494 e. The van der Waals surface area contributed by atoms with Crippen LogP contribution in [-0.2, 0) is 0 Å². The van der Waals surface area contributed by atoms with Gasteiger partial charge in [0.15, 0.2) is 11.6 Å². The van der Waals surface area contributed by atoms with E-state index in [2.05, 4.69) is 10.6 Å². The summed E-state index contributed by atoms with van der Waals surface area (Å²) in [5.41, 5.74) is 0.771. The number of urea groups is 1. The minimum Gasteiger partial charge on any atom is -0.494 e. The van der Waals surface area contributed by atoms with Crippen LogP contribution in [0, 0.1) is 5.82 Å². The highest BCUT2D eigenvalue weighted by atomic mass is 19.1. The number of carbonyl (C=O) groups is 1. The lowest BCUT2D eigenvalue weighted by Crippen LogP contribution is -2.44. The Labute approximate surface area is 129 Å². The monoisotopic (exact) mass is 310 g/mol. The Morgan fingerprint density at radius 3 is 2.68 bits per heavy atom. The van der Waals surface area contributed by atoms with E-state index in [1.54, 1.807) is 12.1 Å². The maximum Gasteiger partial charge on any atom is 0.315 e. The number of ether oxygens (including phenoxy) is 1. The third-order valence-electron chi connectivity index (χ3n) is 4.05. The number of benzene rings is 1. The van der Waals surface area contributed by atoms with Gasteiger partial charge in [-0.2, -0.15) is 0 Å². The fourth-order valence-corrected chi connectivity index (χ4v) is 2.67. The molecule has 0 aliphatic heterocycles. The number of aliphatic hydroxyl groups is 1. The number of nitrogens with one attached hydrogen (secondary N) is 2. The minimum atomic E-state index is -0.427. The topological polar surface area (TPSA) is 70.6 Å². The summed E-state index contributed by atoms with van der Waals surface area (Å²) in [6.45, 7) is 1.83. The molecule has 1 aliphatic carbocycles. The van der Waals surface area contributed by atoms with E-state index in [9.17, 15) is 14.3 Å². The first-order valence-electron chi connectivity index (χ1n) is 7.58. The van der Waals surface area contributed by atoms with Crippen LogP contribution >= 0.6 is 0 Å². The molecule has 22 heavy (non-hydrogen) atoms. The number of aliphatic hydroxyl groups excluding tert-OH is 1. The molecule has 0 saturated heterocycles. The number of carbonyl (C=O) groups excluding carboxylic acids is 1. The van der Waals surface area contributed by atoms with E-state index in [1.165, 1.54) is 13.2 Å². The molecule has 0 heterocycles.